The quantitative estimate of drug-likeness (QED) is 0.934. The van der Waals surface area contributed by atoms with Gasteiger partial charge in [0.2, 0.25) is 0 Å². The number of nitrogens with zero attached hydrogens (tertiary/aromatic N) is 3. The van der Waals surface area contributed by atoms with Gasteiger partial charge in [0.05, 0.1) is 18.4 Å². The van der Waals surface area contributed by atoms with Crippen molar-refractivity contribution in [1.82, 2.24) is 14.9 Å². The number of hydrogen-bond donors (Lipinski definition) is 1. The van der Waals surface area contributed by atoms with Crippen molar-refractivity contribution >= 4 is 11.6 Å². The summed E-state index contributed by atoms with van der Waals surface area (Å²) in [5.41, 5.74) is 2.23. The SMILES string of the molecule is CC1CN(Cc2cccc(NC(=O)c3cnccn3)c2)CC(C)O1. The molecule has 1 aromatic heterocycles. The van der Waals surface area contributed by atoms with Crippen molar-refractivity contribution < 1.29 is 9.53 Å². The molecule has 0 aliphatic carbocycles. The lowest BCUT2D eigenvalue weighted by molar-refractivity contribution is -0.0704. The fraction of sp³-hybridized carbons (Fsp3) is 0.389. The number of nitrogens with one attached hydrogen (secondary N) is 1. The average molecular weight is 326 g/mol. The van der Waals surface area contributed by atoms with E-state index < -0.39 is 0 Å². The van der Waals surface area contributed by atoms with Gasteiger partial charge in [-0.15, -0.1) is 0 Å². The summed E-state index contributed by atoms with van der Waals surface area (Å²) in [6, 6.07) is 7.90. The molecule has 2 unspecified atom stereocenters. The molecule has 1 fully saturated rings. The van der Waals surface area contributed by atoms with Crippen LogP contribution >= 0.6 is 0 Å². The summed E-state index contributed by atoms with van der Waals surface area (Å²) in [5, 5.41) is 2.87. The molecular weight excluding hydrogens is 304 g/mol. The molecule has 1 aliphatic rings. The fourth-order valence-corrected chi connectivity index (χ4v) is 3.03. The number of rotatable bonds is 4. The Kier molecular flexibility index (Phi) is 5.17. The number of amides is 1. The molecule has 2 heterocycles. The Morgan fingerprint density at radius 2 is 2.08 bits per heavy atom. The summed E-state index contributed by atoms with van der Waals surface area (Å²) in [5.74, 6) is -0.256. The average Bonchev–Trinajstić information content (AvgIpc) is 2.55. The van der Waals surface area contributed by atoms with Crippen LogP contribution in [0.4, 0.5) is 5.69 Å². The van der Waals surface area contributed by atoms with Gasteiger partial charge in [-0.1, -0.05) is 12.1 Å². The Balaban J connectivity index is 1.65. The number of aromatic nitrogens is 2. The third kappa shape index (κ3) is 4.37. The second kappa shape index (κ2) is 7.51. The van der Waals surface area contributed by atoms with Crippen molar-refractivity contribution in [2.45, 2.75) is 32.6 Å². The molecule has 1 saturated heterocycles. The normalized spacial score (nSPS) is 21.4. The topological polar surface area (TPSA) is 67.4 Å². The number of morpholine rings is 1. The minimum atomic E-state index is -0.256. The van der Waals surface area contributed by atoms with Crippen molar-refractivity contribution in [3.05, 3.63) is 54.1 Å². The molecule has 1 aliphatic heterocycles. The van der Waals surface area contributed by atoms with E-state index in [-0.39, 0.29) is 18.1 Å². The van der Waals surface area contributed by atoms with E-state index in [4.69, 9.17) is 4.74 Å². The number of carbonyl (C=O) groups excluding carboxylic acids is 1. The van der Waals surface area contributed by atoms with Crippen LogP contribution in [0.25, 0.3) is 0 Å². The lowest BCUT2D eigenvalue weighted by atomic mass is 10.1. The van der Waals surface area contributed by atoms with Crippen molar-refractivity contribution in [2.24, 2.45) is 0 Å². The maximum atomic E-state index is 12.2. The van der Waals surface area contributed by atoms with Gasteiger partial charge in [0.1, 0.15) is 5.69 Å². The fourth-order valence-electron chi connectivity index (χ4n) is 3.03. The monoisotopic (exact) mass is 326 g/mol. The summed E-state index contributed by atoms with van der Waals surface area (Å²) in [6.07, 6.45) is 4.99. The van der Waals surface area contributed by atoms with Gasteiger partial charge in [-0.3, -0.25) is 14.7 Å². The molecule has 6 heteroatoms. The van der Waals surface area contributed by atoms with Crippen LogP contribution in [0.5, 0.6) is 0 Å². The molecule has 6 nitrogen and oxygen atoms in total. The van der Waals surface area contributed by atoms with Gasteiger partial charge in [-0.2, -0.15) is 0 Å². The van der Waals surface area contributed by atoms with Crippen LogP contribution < -0.4 is 5.32 Å². The van der Waals surface area contributed by atoms with Crippen LogP contribution in [0.15, 0.2) is 42.9 Å². The van der Waals surface area contributed by atoms with E-state index >= 15 is 0 Å². The maximum Gasteiger partial charge on any atom is 0.275 e. The van der Waals surface area contributed by atoms with Gasteiger partial charge < -0.3 is 10.1 Å². The molecule has 0 saturated carbocycles. The third-order valence-electron chi connectivity index (χ3n) is 3.88. The minimum Gasteiger partial charge on any atom is -0.373 e. The summed E-state index contributed by atoms with van der Waals surface area (Å²) < 4.78 is 5.77. The highest BCUT2D eigenvalue weighted by atomic mass is 16.5. The molecule has 0 radical (unpaired) electrons. The zero-order chi connectivity index (χ0) is 16.9. The van der Waals surface area contributed by atoms with Crippen molar-refractivity contribution in [3.8, 4) is 0 Å². The van der Waals surface area contributed by atoms with E-state index in [0.717, 1.165) is 30.9 Å². The zero-order valence-electron chi connectivity index (χ0n) is 14.0. The highest BCUT2D eigenvalue weighted by molar-refractivity contribution is 6.02. The Morgan fingerprint density at radius 1 is 1.29 bits per heavy atom. The lowest BCUT2D eigenvalue weighted by Crippen LogP contribution is -2.44. The molecule has 1 amide bonds. The molecule has 24 heavy (non-hydrogen) atoms. The molecule has 2 aromatic rings. The number of benzene rings is 1. The number of hydrogen-bond acceptors (Lipinski definition) is 5. The van der Waals surface area contributed by atoms with Crippen LogP contribution in [0, 0.1) is 0 Å². The van der Waals surface area contributed by atoms with Gasteiger partial charge >= 0.3 is 0 Å². The van der Waals surface area contributed by atoms with Gasteiger partial charge in [0, 0.05) is 37.7 Å². The first-order chi connectivity index (χ1) is 11.6. The lowest BCUT2D eigenvalue weighted by Gasteiger charge is -2.35. The summed E-state index contributed by atoms with van der Waals surface area (Å²) in [4.78, 5) is 22.5. The Hall–Kier alpha value is -2.31. The molecule has 2 atom stereocenters. The number of ether oxygens (including phenoxy) is 1. The molecule has 3 rings (SSSR count). The maximum absolute atomic E-state index is 12.2. The van der Waals surface area contributed by atoms with E-state index in [1.54, 1.807) is 6.20 Å². The molecule has 1 N–H and O–H groups in total. The predicted octanol–water partition coefficient (Wildman–Crippen LogP) is 2.34. The summed E-state index contributed by atoms with van der Waals surface area (Å²) in [6.45, 7) is 6.87. The molecule has 0 bridgehead atoms. The van der Waals surface area contributed by atoms with E-state index in [1.807, 2.05) is 18.2 Å². The standard InChI is InChI=1S/C18H22N4O2/c1-13-10-22(11-14(2)24-13)12-15-4-3-5-16(8-15)21-18(23)17-9-19-6-7-20-17/h3-9,13-14H,10-12H2,1-2H3,(H,21,23). The second-order valence-electron chi connectivity index (χ2n) is 6.20. The van der Waals surface area contributed by atoms with E-state index in [0.29, 0.717) is 5.69 Å². The summed E-state index contributed by atoms with van der Waals surface area (Å²) in [7, 11) is 0. The van der Waals surface area contributed by atoms with Crippen molar-refractivity contribution in [1.29, 1.82) is 0 Å². The highest BCUT2D eigenvalue weighted by Crippen LogP contribution is 2.17. The van der Waals surface area contributed by atoms with Gasteiger partial charge in [-0.05, 0) is 31.5 Å². The largest absolute Gasteiger partial charge is 0.373 e. The predicted molar refractivity (Wildman–Crippen MR) is 91.7 cm³/mol. The van der Waals surface area contributed by atoms with Gasteiger partial charge in [0.15, 0.2) is 0 Å². The van der Waals surface area contributed by atoms with Crippen LogP contribution in [0.1, 0.15) is 29.9 Å². The van der Waals surface area contributed by atoms with E-state index in [9.17, 15) is 4.79 Å². The molecule has 1 aromatic carbocycles. The van der Waals surface area contributed by atoms with E-state index in [1.165, 1.54) is 12.4 Å². The second-order valence-corrected chi connectivity index (χ2v) is 6.20. The van der Waals surface area contributed by atoms with Crippen molar-refractivity contribution in [3.63, 3.8) is 0 Å². The zero-order valence-corrected chi connectivity index (χ0v) is 14.0. The first-order valence-electron chi connectivity index (χ1n) is 8.14. The third-order valence-corrected chi connectivity index (χ3v) is 3.88. The smallest absolute Gasteiger partial charge is 0.275 e. The van der Waals surface area contributed by atoms with Gasteiger partial charge in [-0.25, -0.2) is 4.98 Å². The Bertz CT molecular complexity index is 682. The highest BCUT2D eigenvalue weighted by Gasteiger charge is 2.22. The van der Waals surface area contributed by atoms with Crippen molar-refractivity contribution in [2.75, 3.05) is 18.4 Å². The first kappa shape index (κ1) is 16.5. The van der Waals surface area contributed by atoms with Gasteiger partial charge in [0.25, 0.3) is 5.91 Å². The Labute approximate surface area is 141 Å². The van der Waals surface area contributed by atoms with Crippen LogP contribution in [-0.2, 0) is 11.3 Å². The molecule has 126 valence electrons. The number of anilines is 1. The molecular formula is C18H22N4O2. The number of carbonyl (C=O) groups is 1. The van der Waals surface area contributed by atoms with Crippen LogP contribution in [-0.4, -0.2) is 46.1 Å². The van der Waals surface area contributed by atoms with Crippen LogP contribution in [0.2, 0.25) is 0 Å². The van der Waals surface area contributed by atoms with Crippen LogP contribution in [0.3, 0.4) is 0 Å². The summed E-state index contributed by atoms with van der Waals surface area (Å²) >= 11 is 0. The Morgan fingerprint density at radius 3 is 2.79 bits per heavy atom. The molecule has 0 spiro atoms. The first-order valence-corrected chi connectivity index (χ1v) is 8.14. The minimum absolute atomic E-state index is 0.244. The van der Waals surface area contributed by atoms with E-state index in [2.05, 4.69) is 40.1 Å².